The van der Waals surface area contributed by atoms with E-state index in [4.69, 9.17) is 0 Å². The summed E-state index contributed by atoms with van der Waals surface area (Å²) in [5, 5.41) is 3.03. The molecule has 6 heteroatoms. The van der Waals surface area contributed by atoms with Gasteiger partial charge in [0, 0.05) is 37.7 Å². The third-order valence-electron chi connectivity index (χ3n) is 5.87. The Hall–Kier alpha value is -2.21. The fourth-order valence-corrected chi connectivity index (χ4v) is 4.44. The second-order valence-electron chi connectivity index (χ2n) is 7.75. The molecule has 1 N–H and O–H groups in total. The number of carbonyl (C=O) groups excluding carboxylic acids is 3. The first-order chi connectivity index (χ1) is 12.5. The lowest BCUT2D eigenvalue weighted by molar-refractivity contribution is -0.134. The predicted octanol–water partition coefficient (Wildman–Crippen LogP) is 1.10. The Labute approximate surface area is 153 Å². The lowest BCUT2D eigenvalue weighted by atomic mass is 10.0. The summed E-state index contributed by atoms with van der Waals surface area (Å²) in [4.78, 5) is 41.5. The van der Waals surface area contributed by atoms with E-state index in [2.05, 4.69) is 10.2 Å². The monoisotopic (exact) mass is 355 g/mol. The molecule has 3 aliphatic rings. The van der Waals surface area contributed by atoms with Gasteiger partial charge < -0.3 is 15.1 Å². The molecule has 0 saturated carbocycles. The van der Waals surface area contributed by atoms with Gasteiger partial charge in [0.25, 0.3) is 5.91 Å². The van der Waals surface area contributed by atoms with Gasteiger partial charge in [0.1, 0.15) is 0 Å². The molecule has 2 saturated heterocycles. The Balaban J connectivity index is 1.39. The standard InChI is InChI=1S/C20H25N3O3/c1-22-9-7-14(11-22)20(26)23-10-8-15(12-23)21-19(25)16-4-2-3-13-5-6-17(24)18(13)16/h2-4,14-15H,5-12H2,1H3,(H,21,25)/t14-,15+/m0/s1. The number of hydrogen-bond donors (Lipinski definition) is 1. The summed E-state index contributed by atoms with van der Waals surface area (Å²) in [5.74, 6) is 0.155. The van der Waals surface area contributed by atoms with Crippen molar-refractivity contribution in [3.05, 3.63) is 34.9 Å². The zero-order valence-corrected chi connectivity index (χ0v) is 15.2. The molecule has 6 nitrogen and oxygen atoms in total. The van der Waals surface area contributed by atoms with Crippen LogP contribution in [0.4, 0.5) is 0 Å². The molecule has 0 aromatic heterocycles. The molecule has 2 heterocycles. The molecule has 0 unspecified atom stereocenters. The first-order valence-corrected chi connectivity index (χ1v) is 9.46. The van der Waals surface area contributed by atoms with Gasteiger partial charge in [-0.15, -0.1) is 0 Å². The van der Waals surface area contributed by atoms with Crippen molar-refractivity contribution in [1.82, 2.24) is 15.1 Å². The maximum Gasteiger partial charge on any atom is 0.252 e. The first kappa shape index (κ1) is 17.2. The number of likely N-dealkylation sites (tertiary alicyclic amines) is 2. The minimum Gasteiger partial charge on any atom is -0.347 e. The van der Waals surface area contributed by atoms with Crippen molar-refractivity contribution in [2.24, 2.45) is 5.92 Å². The zero-order chi connectivity index (χ0) is 18.3. The molecule has 138 valence electrons. The number of carbonyl (C=O) groups is 3. The number of benzene rings is 1. The van der Waals surface area contributed by atoms with Crippen molar-refractivity contribution in [2.75, 3.05) is 33.2 Å². The number of Topliss-reactive ketones (excluding diaryl/α,β-unsaturated/α-hetero) is 1. The van der Waals surface area contributed by atoms with Gasteiger partial charge in [0.05, 0.1) is 11.5 Å². The van der Waals surface area contributed by atoms with Crippen LogP contribution in [0.25, 0.3) is 0 Å². The van der Waals surface area contributed by atoms with E-state index < -0.39 is 0 Å². The molecule has 0 bridgehead atoms. The second kappa shape index (κ2) is 6.83. The van der Waals surface area contributed by atoms with Crippen molar-refractivity contribution in [2.45, 2.75) is 31.7 Å². The average Bonchev–Trinajstić information content (AvgIpc) is 3.35. The van der Waals surface area contributed by atoms with Crippen LogP contribution >= 0.6 is 0 Å². The van der Waals surface area contributed by atoms with Crippen LogP contribution in [0.1, 0.15) is 45.5 Å². The van der Waals surface area contributed by atoms with Gasteiger partial charge in [-0.2, -0.15) is 0 Å². The van der Waals surface area contributed by atoms with Crippen LogP contribution in [0.15, 0.2) is 18.2 Å². The fraction of sp³-hybridized carbons (Fsp3) is 0.550. The molecule has 1 aliphatic carbocycles. The summed E-state index contributed by atoms with van der Waals surface area (Å²) in [6, 6.07) is 5.45. The van der Waals surface area contributed by atoms with Gasteiger partial charge in [-0.25, -0.2) is 0 Å². The number of fused-ring (bicyclic) bond motifs is 1. The minimum atomic E-state index is -0.197. The minimum absolute atomic E-state index is 0.0436. The lowest BCUT2D eigenvalue weighted by Gasteiger charge is -2.21. The number of ketones is 1. The smallest absolute Gasteiger partial charge is 0.252 e. The van der Waals surface area contributed by atoms with E-state index in [1.54, 1.807) is 6.07 Å². The molecular formula is C20H25N3O3. The fourth-order valence-electron chi connectivity index (χ4n) is 4.44. The van der Waals surface area contributed by atoms with E-state index in [9.17, 15) is 14.4 Å². The lowest BCUT2D eigenvalue weighted by Crippen LogP contribution is -2.40. The summed E-state index contributed by atoms with van der Waals surface area (Å²) < 4.78 is 0. The third-order valence-corrected chi connectivity index (χ3v) is 5.87. The molecule has 2 fully saturated rings. The van der Waals surface area contributed by atoms with Crippen LogP contribution in [0, 0.1) is 5.92 Å². The molecule has 0 spiro atoms. The molecular weight excluding hydrogens is 330 g/mol. The second-order valence-corrected chi connectivity index (χ2v) is 7.75. The number of hydrogen-bond acceptors (Lipinski definition) is 4. The van der Waals surface area contributed by atoms with E-state index >= 15 is 0 Å². The molecule has 2 atom stereocenters. The van der Waals surface area contributed by atoms with Gasteiger partial charge in [0.15, 0.2) is 5.78 Å². The quantitative estimate of drug-likeness (QED) is 0.881. The van der Waals surface area contributed by atoms with Crippen LogP contribution < -0.4 is 5.32 Å². The maximum absolute atomic E-state index is 12.7. The Bertz CT molecular complexity index is 761. The summed E-state index contributed by atoms with van der Waals surface area (Å²) in [6.45, 7) is 3.05. The molecule has 4 rings (SSSR count). The Morgan fingerprint density at radius 2 is 1.96 bits per heavy atom. The molecule has 26 heavy (non-hydrogen) atoms. The van der Waals surface area contributed by atoms with Crippen molar-refractivity contribution >= 4 is 17.6 Å². The number of nitrogens with zero attached hydrogens (tertiary/aromatic N) is 2. The van der Waals surface area contributed by atoms with Gasteiger partial charge in [-0.3, -0.25) is 14.4 Å². The average molecular weight is 355 g/mol. The Morgan fingerprint density at radius 1 is 1.12 bits per heavy atom. The van der Waals surface area contributed by atoms with Gasteiger partial charge >= 0.3 is 0 Å². The summed E-state index contributed by atoms with van der Waals surface area (Å²) in [5.41, 5.74) is 2.04. The van der Waals surface area contributed by atoms with E-state index in [0.29, 0.717) is 30.6 Å². The van der Waals surface area contributed by atoms with Crippen LogP contribution in [0.5, 0.6) is 0 Å². The van der Waals surface area contributed by atoms with Crippen LogP contribution in [0.2, 0.25) is 0 Å². The topological polar surface area (TPSA) is 69.7 Å². The SMILES string of the molecule is CN1CC[C@H](C(=O)N2CC[C@@H](NC(=O)c3cccc4c3C(=O)CC4)C2)C1. The largest absolute Gasteiger partial charge is 0.347 e. The number of amides is 2. The van der Waals surface area contributed by atoms with Crippen molar-refractivity contribution in [1.29, 1.82) is 0 Å². The zero-order valence-electron chi connectivity index (χ0n) is 15.2. The Kier molecular flexibility index (Phi) is 4.53. The molecule has 1 aromatic rings. The van der Waals surface area contributed by atoms with E-state index in [0.717, 1.165) is 37.9 Å². The molecule has 0 radical (unpaired) electrons. The molecule has 1 aromatic carbocycles. The number of rotatable bonds is 3. The third kappa shape index (κ3) is 3.14. The Morgan fingerprint density at radius 3 is 2.73 bits per heavy atom. The summed E-state index contributed by atoms with van der Waals surface area (Å²) in [7, 11) is 2.04. The highest BCUT2D eigenvalue weighted by Crippen LogP contribution is 2.26. The van der Waals surface area contributed by atoms with Crippen molar-refractivity contribution < 1.29 is 14.4 Å². The van der Waals surface area contributed by atoms with Crippen LogP contribution in [-0.2, 0) is 11.2 Å². The number of nitrogens with one attached hydrogen (secondary N) is 1. The van der Waals surface area contributed by atoms with Gasteiger partial charge in [0.2, 0.25) is 5.91 Å². The predicted molar refractivity (Wildman–Crippen MR) is 97.1 cm³/mol. The summed E-state index contributed by atoms with van der Waals surface area (Å²) >= 11 is 0. The maximum atomic E-state index is 12.7. The van der Waals surface area contributed by atoms with E-state index in [1.807, 2.05) is 24.1 Å². The van der Waals surface area contributed by atoms with E-state index in [-0.39, 0.29) is 29.6 Å². The molecule has 2 aliphatic heterocycles. The van der Waals surface area contributed by atoms with Gasteiger partial charge in [-0.05, 0) is 44.5 Å². The van der Waals surface area contributed by atoms with E-state index in [1.165, 1.54) is 0 Å². The summed E-state index contributed by atoms with van der Waals surface area (Å²) in [6.07, 6.45) is 2.89. The molecule has 2 amide bonds. The number of aryl methyl sites for hydroxylation is 1. The van der Waals surface area contributed by atoms with Crippen molar-refractivity contribution in [3.63, 3.8) is 0 Å². The normalized spacial score (nSPS) is 25.6. The van der Waals surface area contributed by atoms with Crippen LogP contribution in [-0.4, -0.2) is 66.7 Å². The highest BCUT2D eigenvalue weighted by molar-refractivity contribution is 6.10. The van der Waals surface area contributed by atoms with Gasteiger partial charge in [-0.1, -0.05) is 12.1 Å². The highest BCUT2D eigenvalue weighted by atomic mass is 16.2. The van der Waals surface area contributed by atoms with Crippen molar-refractivity contribution in [3.8, 4) is 0 Å². The van der Waals surface area contributed by atoms with Crippen LogP contribution in [0.3, 0.4) is 0 Å². The first-order valence-electron chi connectivity index (χ1n) is 9.46. The highest BCUT2D eigenvalue weighted by Gasteiger charge is 2.35.